The van der Waals surface area contributed by atoms with Gasteiger partial charge in [0, 0.05) is 10.7 Å². The van der Waals surface area contributed by atoms with Gasteiger partial charge in [0.2, 0.25) is 5.91 Å². The molecule has 2 aromatic rings. The molecule has 4 heteroatoms. The Morgan fingerprint density at radius 2 is 1.85 bits per heavy atom. The highest BCUT2D eigenvalue weighted by atomic mass is 35.5. The summed E-state index contributed by atoms with van der Waals surface area (Å²) in [6, 6.07) is 14.7. The molecule has 0 saturated heterocycles. The van der Waals surface area contributed by atoms with Gasteiger partial charge in [0.05, 0.1) is 13.0 Å². The number of anilines is 1. The van der Waals surface area contributed by atoms with Gasteiger partial charge >= 0.3 is 0 Å². The number of carbonyl (C=O) groups is 1. The Bertz CT molecular complexity index is 581. The molecule has 0 saturated carbocycles. The second-order valence-corrected chi connectivity index (χ2v) is 4.86. The number of nitrogens with one attached hydrogen (secondary N) is 1. The van der Waals surface area contributed by atoms with Crippen LogP contribution in [0, 0.1) is 6.92 Å². The Morgan fingerprint density at radius 3 is 2.55 bits per heavy atom. The maximum atomic E-state index is 11.7. The van der Waals surface area contributed by atoms with Gasteiger partial charge in [0.15, 0.2) is 0 Å². The van der Waals surface area contributed by atoms with Crippen LogP contribution in [0.1, 0.15) is 12.0 Å². The van der Waals surface area contributed by atoms with Crippen molar-refractivity contribution in [3.63, 3.8) is 0 Å². The number of rotatable bonds is 5. The average molecular weight is 290 g/mol. The molecule has 0 bridgehead atoms. The third-order valence-electron chi connectivity index (χ3n) is 2.81. The minimum Gasteiger partial charge on any atom is -0.493 e. The van der Waals surface area contributed by atoms with Crippen LogP contribution in [0.15, 0.2) is 48.5 Å². The summed E-state index contributed by atoms with van der Waals surface area (Å²) < 4.78 is 5.58. The SMILES string of the molecule is Cc1ccccc1OCCC(=O)Nc1ccc(Cl)cc1. The molecule has 0 fully saturated rings. The van der Waals surface area contributed by atoms with E-state index in [9.17, 15) is 4.79 Å². The summed E-state index contributed by atoms with van der Waals surface area (Å²) in [5.74, 6) is 0.729. The van der Waals surface area contributed by atoms with Crippen LogP contribution in [0.4, 0.5) is 5.69 Å². The molecule has 0 atom stereocenters. The van der Waals surface area contributed by atoms with Gasteiger partial charge in [-0.05, 0) is 42.8 Å². The van der Waals surface area contributed by atoms with Crippen molar-refractivity contribution in [2.75, 3.05) is 11.9 Å². The van der Waals surface area contributed by atoms with Crippen molar-refractivity contribution in [3.8, 4) is 5.75 Å². The summed E-state index contributed by atoms with van der Waals surface area (Å²) >= 11 is 5.78. The Labute approximate surface area is 123 Å². The van der Waals surface area contributed by atoms with Crippen LogP contribution >= 0.6 is 11.6 Å². The molecule has 2 aromatic carbocycles. The van der Waals surface area contributed by atoms with Crippen LogP contribution < -0.4 is 10.1 Å². The summed E-state index contributed by atoms with van der Waals surface area (Å²) in [7, 11) is 0. The first-order chi connectivity index (χ1) is 9.65. The highest BCUT2D eigenvalue weighted by Gasteiger charge is 2.04. The molecule has 0 aliphatic carbocycles. The number of aryl methyl sites for hydroxylation is 1. The molecular weight excluding hydrogens is 274 g/mol. The molecule has 20 heavy (non-hydrogen) atoms. The number of carbonyl (C=O) groups excluding carboxylic acids is 1. The van der Waals surface area contributed by atoms with Crippen LogP contribution in [0.2, 0.25) is 5.02 Å². The lowest BCUT2D eigenvalue weighted by Gasteiger charge is -2.09. The molecule has 3 nitrogen and oxygen atoms in total. The molecule has 0 aromatic heterocycles. The zero-order valence-electron chi connectivity index (χ0n) is 11.2. The van der Waals surface area contributed by atoms with Crippen molar-refractivity contribution >= 4 is 23.2 Å². The average Bonchev–Trinajstić information content (AvgIpc) is 2.43. The van der Waals surface area contributed by atoms with Crippen LogP contribution in [-0.2, 0) is 4.79 Å². The fourth-order valence-electron chi connectivity index (χ4n) is 1.73. The van der Waals surface area contributed by atoms with Crippen molar-refractivity contribution in [3.05, 3.63) is 59.1 Å². The smallest absolute Gasteiger partial charge is 0.227 e. The predicted molar refractivity (Wildman–Crippen MR) is 81.4 cm³/mol. The van der Waals surface area contributed by atoms with Gasteiger partial charge in [-0.2, -0.15) is 0 Å². The van der Waals surface area contributed by atoms with Crippen molar-refractivity contribution in [1.82, 2.24) is 0 Å². The molecule has 0 aliphatic rings. The number of amides is 1. The lowest BCUT2D eigenvalue weighted by atomic mass is 10.2. The Balaban J connectivity index is 1.78. The predicted octanol–water partition coefficient (Wildman–Crippen LogP) is 4.06. The van der Waals surface area contributed by atoms with E-state index < -0.39 is 0 Å². The monoisotopic (exact) mass is 289 g/mol. The van der Waals surface area contributed by atoms with E-state index in [2.05, 4.69) is 5.32 Å². The summed E-state index contributed by atoms with van der Waals surface area (Å²) in [6.07, 6.45) is 0.303. The van der Waals surface area contributed by atoms with E-state index in [1.807, 2.05) is 31.2 Å². The number of para-hydroxylation sites is 1. The molecule has 0 unspecified atom stereocenters. The minimum atomic E-state index is -0.0825. The highest BCUT2D eigenvalue weighted by Crippen LogP contribution is 2.16. The van der Waals surface area contributed by atoms with E-state index >= 15 is 0 Å². The van der Waals surface area contributed by atoms with Crippen molar-refractivity contribution in [2.45, 2.75) is 13.3 Å². The molecule has 2 rings (SSSR count). The van der Waals surface area contributed by atoms with Gasteiger partial charge in [0.25, 0.3) is 0 Å². The topological polar surface area (TPSA) is 38.3 Å². The van der Waals surface area contributed by atoms with E-state index in [0.717, 1.165) is 17.0 Å². The van der Waals surface area contributed by atoms with E-state index in [1.54, 1.807) is 24.3 Å². The lowest BCUT2D eigenvalue weighted by Crippen LogP contribution is -2.15. The number of hydrogen-bond donors (Lipinski definition) is 1. The molecular formula is C16H16ClNO2. The fourth-order valence-corrected chi connectivity index (χ4v) is 1.85. The van der Waals surface area contributed by atoms with Crippen molar-refractivity contribution in [1.29, 1.82) is 0 Å². The zero-order valence-corrected chi connectivity index (χ0v) is 12.0. The second-order valence-electron chi connectivity index (χ2n) is 4.42. The summed E-state index contributed by atoms with van der Waals surface area (Å²) in [5.41, 5.74) is 1.79. The van der Waals surface area contributed by atoms with Gasteiger partial charge in [-0.15, -0.1) is 0 Å². The fraction of sp³-hybridized carbons (Fsp3) is 0.188. The molecule has 0 aliphatic heterocycles. The van der Waals surface area contributed by atoms with E-state index in [1.165, 1.54) is 0 Å². The summed E-state index contributed by atoms with van der Waals surface area (Å²) in [5, 5.41) is 3.44. The third-order valence-corrected chi connectivity index (χ3v) is 3.06. The Hall–Kier alpha value is -2.00. The first-order valence-electron chi connectivity index (χ1n) is 6.39. The molecule has 1 amide bonds. The van der Waals surface area contributed by atoms with Crippen molar-refractivity contribution in [2.24, 2.45) is 0 Å². The molecule has 1 N–H and O–H groups in total. The Morgan fingerprint density at radius 1 is 1.15 bits per heavy atom. The van der Waals surface area contributed by atoms with E-state index in [4.69, 9.17) is 16.3 Å². The largest absolute Gasteiger partial charge is 0.493 e. The van der Waals surface area contributed by atoms with Gasteiger partial charge in [0.1, 0.15) is 5.75 Å². The molecule has 104 valence electrons. The second kappa shape index (κ2) is 6.96. The number of benzene rings is 2. The standard InChI is InChI=1S/C16H16ClNO2/c1-12-4-2-3-5-15(12)20-11-10-16(19)18-14-8-6-13(17)7-9-14/h2-9H,10-11H2,1H3,(H,18,19). The quantitative estimate of drug-likeness (QED) is 0.901. The first-order valence-corrected chi connectivity index (χ1v) is 6.77. The summed E-state index contributed by atoms with van der Waals surface area (Å²) in [4.78, 5) is 11.7. The normalized spacial score (nSPS) is 10.1. The summed E-state index contributed by atoms with van der Waals surface area (Å²) in [6.45, 7) is 2.33. The van der Waals surface area contributed by atoms with Crippen LogP contribution in [0.5, 0.6) is 5.75 Å². The van der Waals surface area contributed by atoms with Gasteiger partial charge in [-0.3, -0.25) is 4.79 Å². The number of ether oxygens (including phenoxy) is 1. The van der Waals surface area contributed by atoms with E-state index in [0.29, 0.717) is 18.1 Å². The third kappa shape index (κ3) is 4.28. The van der Waals surface area contributed by atoms with Crippen LogP contribution in [0.3, 0.4) is 0 Å². The van der Waals surface area contributed by atoms with E-state index in [-0.39, 0.29) is 5.91 Å². The van der Waals surface area contributed by atoms with Gasteiger partial charge in [-0.1, -0.05) is 29.8 Å². The number of hydrogen-bond acceptors (Lipinski definition) is 2. The maximum absolute atomic E-state index is 11.7. The lowest BCUT2D eigenvalue weighted by molar-refractivity contribution is -0.116. The van der Waals surface area contributed by atoms with Crippen LogP contribution in [-0.4, -0.2) is 12.5 Å². The molecule has 0 spiro atoms. The molecule has 0 radical (unpaired) electrons. The maximum Gasteiger partial charge on any atom is 0.227 e. The zero-order chi connectivity index (χ0) is 14.4. The Kier molecular flexibility index (Phi) is 5.02. The van der Waals surface area contributed by atoms with Gasteiger partial charge < -0.3 is 10.1 Å². The van der Waals surface area contributed by atoms with Crippen LogP contribution in [0.25, 0.3) is 0 Å². The minimum absolute atomic E-state index is 0.0825. The first kappa shape index (κ1) is 14.4. The highest BCUT2D eigenvalue weighted by molar-refractivity contribution is 6.30. The molecule has 0 heterocycles. The number of halogens is 1. The van der Waals surface area contributed by atoms with Gasteiger partial charge in [-0.25, -0.2) is 0 Å². The van der Waals surface area contributed by atoms with Crippen molar-refractivity contribution < 1.29 is 9.53 Å².